The summed E-state index contributed by atoms with van der Waals surface area (Å²) in [5.41, 5.74) is 5.55. The fraction of sp³-hybridized carbons (Fsp3) is 0.207. The number of carboxylic acids is 2. The lowest BCUT2D eigenvalue weighted by Gasteiger charge is -2.30. The van der Waals surface area contributed by atoms with Gasteiger partial charge in [0.2, 0.25) is 0 Å². The maximum Gasteiger partial charge on any atom is 0.326 e. The third-order valence-electron chi connectivity index (χ3n) is 14.0. The molecule has 82 heavy (non-hydrogen) atoms. The van der Waals surface area contributed by atoms with Gasteiger partial charge < -0.3 is 39.5 Å². The number of sulfone groups is 2. The molecule has 0 aliphatic carbocycles. The molecule has 4 N–H and O–H groups in total. The zero-order valence-corrected chi connectivity index (χ0v) is 48.0. The van der Waals surface area contributed by atoms with Gasteiger partial charge >= 0.3 is 11.9 Å². The Bertz CT molecular complexity index is 3900. The maximum atomic E-state index is 13.2. The van der Waals surface area contributed by atoms with E-state index in [0.717, 1.165) is 23.3 Å². The van der Waals surface area contributed by atoms with Gasteiger partial charge in [0.1, 0.15) is 23.2 Å². The number of furan rings is 2. The summed E-state index contributed by atoms with van der Waals surface area (Å²) in [4.78, 5) is 80.2. The quantitative estimate of drug-likeness (QED) is 0.0790. The second-order valence-corrected chi connectivity index (χ2v) is 25.2. The molecule has 0 bridgehead atoms. The Morgan fingerprint density at radius 3 is 1.30 bits per heavy atom. The average Bonchev–Trinajstić information content (AvgIpc) is 4.12. The van der Waals surface area contributed by atoms with Gasteiger partial charge in [-0.3, -0.25) is 19.2 Å². The summed E-state index contributed by atoms with van der Waals surface area (Å²) in [7, 11) is -7.00. The van der Waals surface area contributed by atoms with Crippen molar-refractivity contribution < 1.29 is 64.7 Å². The summed E-state index contributed by atoms with van der Waals surface area (Å²) < 4.78 is 58.4. The predicted molar refractivity (Wildman–Crippen MR) is 307 cm³/mol. The molecular formula is C58H48Cl4N4O14S2. The van der Waals surface area contributed by atoms with Crippen LogP contribution >= 0.6 is 46.4 Å². The van der Waals surface area contributed by atoms with Crippen molar-refractivity contribution in [2.45, 2.75) is 60.6 Å². The molecule has 0 fully saturated rings. The topological polar surface area (TPSA) is 268 Å². The Morgan fingerprint density at radius 1 is 0.549 bits per heavy atom. The second kappa shape index (κ2) is 24.0. The van der Waals surface area contributed by atoms with E-state index in [4.69, 9.17) is 55.2 Å². The van der Waals surface area contributed by atoms with E-state index < -0.39 is 55.5 Å². The van der Waals surface area contributed by atoms with Crippen molar-refractivity contribution in [2.24, 2.45) is 0 Å². The Balaban J connectivity index is 0.000000198. The lowest BCUT2D eigenvalue weighted by Crippen LogP contribution is -2.42. The monoisotopic (exact) mass is 1230 g/mol. The molecule has 2 aliphatic rings. The normalized spacial score (nSPS) is 14.0. The zero-order chi connectivity index (χ0) is 58.9. The Morgan fingerprint density at radius 2 is 0.939 bits per heavy atom. The van der Waals surface area contributed by atoms with Gasteiger partial charge in [0.25, 0.3) is 23.6 Å². The van der Waals surface area contributed by atoms with Crippen LogP contribution in [0.5, 0.6) is 0 Å². The van der Waals surface area contributed by atoms with Crippen LogP contribution in [0.4, 0.5) is 0 Å². The lowest BCUT2D eigenvalue weighted by molar-refractivity contribution is -0.140. The highest BCUT2D eigenvalue weighted by Crippen LogP contribution is 2.37. The molecule has 424 valence electrons. The molecule has 0 radical (unpaired) electrons. The Kier molecular flexibility index (Phi) is 17.3. The first kappa shape index (κ1) is 58.9. The maximum absolute atomic E-state index is 13.2. The van der Waals surface area contributed by atoms with Crippen LogP contribution in [0.15, 0.2) is 140 Å². The number of benzene rings is 6. The van der Waals surface area contributed by atoms with Crippen molar-refractivity contribution in [1.82, 2.24) is 20.4 Å². The summed E-state index contributed by atoms with van der Waals surface area (Å²) >= 11 is 26.2. The molecule has 4 amide bonds. The number of amides is 4. The van der Waals surface area contributed by atoms with Gasteiger partial charge in [-0.15, -0.1) is 0 Å². The first-order chi connectivity index (χ1) is 38.8. The highest BCUT2D eigenvalue weighted by molar-refractivity contribution is 7.91. The molecule has 2 aliphatic heterocycles. The van der Waals surface area contributed by atoms with Crippen LogP contribution in [0.25, 0.3) is 21.9 Å². The van der Waals surface area contributed by atoms with E-state index in [0.29, 0.717) is 81.6 Å². The second-order valence-electron chi connectivity index (χ2n) is 19.6. The number of nitrogens with one attached hydrogen (secondary N) is 2. The van der Waals surface area contributed by atoms with Crippen molar-refractivity contribution in [3.05, 3.63) is 197 Å². The number of carbonyl (C=O) groups excluding carboxylic acids is 4. The molecule has 0 unspecified atom stereocenters. The summed E-state index contributed by atoms with van der Waals surface area (Å²) in [5.74, 6) is -4.55. The molecule has 2 atom stereocenters. The SMILES string of the molecule is CS(=O)(=O)c1cccc(C[C@H](NC(=O)c2c(Cl)cc3c(c2Cl)CCN(C(=O)c2ccc4ccoc4c2)C3)C(=O)O)c1.CS(=O)(=O)c1cccc(C[C@H](NC(=O)c2c(Cl)cc3c(c2Cl)CCN(C(=O)c2ccc4ccoc4c2)C3)C(=O)O)c1. The highest BCUT2D eigenvalue weighted by atomic mass is 35.5. The summed E-state index contributed by atoms with van der Waals surface area (Å²) in [6.07, 6.45) is 5.62. The minimum Gasteiger partial charge on any atom is -0.480 e. The van der Waals surface area contributed by atoms with Crippen LogP contribution < -0.4 is 10.6 Å². The lowest BCUT2D eigenvalue weighted by atomic mass is 9.95. The molecular weight excluding hydrogens is 1180 g/mol. The van der Waals surface area contributed by atoms with Gasteiger partial charge in [-0.25, -0.2) is 26.4 Å². The number of hydrogen-bond acceptors (Lipinski definition) is 12. The van der Waals surface area contributed by atoms with Crippen LogP contribution in [0.2, 0.25) is 20.1 Å². The van der Waals surface area contributed by atoms with Gasteiger partial charge in [-0.2, -0.15) is 0 Å². The molecule has 2 aromatic heterocycles. The van der Waals surface area contributed by atoms with Crippen molar-refractivity contribution in [1.29, 1.82) is 0 Å². The average molecular weight is 1230 g/mol. The standard InChI is InChI=1S/2C29H24Cl2N2O7S/c2*1-41(38,39)20-4-2-3-16(11-20)12-23(29(36)37)32-27(34)25-22(30)13-19-15-33(9-7-21(19)26(25)31)28(35)18-6-5-17-8-10-40-24(17)14-18/h2*2-6,8,10-11,13-14,23H,7,9,12,15H2,1H3,(H,32,34)(H,36,37)/t2*23-/m00/s1. The third kappa shape index (κ3) is 13.0. The minimum atomic E-state index is -3.50. The minimum absolute atomic E-state index is 0.0146. The van der Waals surface area contributed by atoms with Crippen molar-refractivity contribution in [3.8, 4) is 0 Å². The molecule has 8 aromatic rings. The molecule has 4 heterocycles. The van der Waals surface area contributed by atoms with Crippen LogP contribution in [-0.2, 0) is 68.0 Å². The van der Waals surface area contributed by atoms with Gasteiger partial charge in [-0.1, -0.05) is 82.8 Å². The number of fused-ring (bicyclic) bond motifs is 4. The van der Waals surface area contributed by atoms with Crippen LogP contribution in [-0.4, -0.2) is 110 Å². The van der Waals surface area contributed by atoms with Gasteiger partial charge in [0.05, 0.1) is 53.5 Å². The number of aliphatic carboxylic acids is 2. The van der Waals surface area contributed by atoms with Crippen LogP contribution in [0, 0.1) is 0 Å². The predicted octanol–water partition coefficient (Wildman–Crippen LogP) is 9.53. The molecule has 24 heteroatoms. The van der Waals surface area contributed by atoms with E-state index in [-0.39, 0.29) is 78.8 Å². The first-order valence-electron chi connectivity index (χ1n) is 25.0. The summed E-state index contributed by atoms with van der Waals surface area (Å²) in [6.45, 7) is 1.14. The summed E-state index contributed by atoms with van der Waals surface area (Å²) in [5, 5.41) is 26.5. The number of rotatable bonds is 14. The molecule has 0 saturated heterocycles. The summed E-state index contributed by atoms with van der Waals surface area (Å²) in [6, 6.07) is 26.2. The van der Waals surface area contributed by atoms with E-state index in [2.05, 4.69) is 10.6 Å². The Labute approximate surface area is 489 Å². The smallest absolute Gasteiger partial charge is 0.326 e. The van der Waals surface area contributed by atoms with E-state index in [1.807, 2.05) is 24.3 Å². The van der Waals surface area contributed by atoms with Crippen molar-refractivity contribution in [3.63, 3.8) is 0 Å². The van der Waals surface area contributed by atoms with Crippen molar-refractivity contribution in [2.75, 3.05) is 25.6 Å². The van der Waals surface area contributed by atoms with Gasteiger partial charge in [-0.05, 0) is 119 Å². The highest BCUT2D eigenvalue weighted by Gasteiger charge is 2.32. The molecule has 0 spiro atoms. The van der Waals surface area contributed by atoms with Crippen LogP contribution in [0.3, 0.4) is 0 Å². The van der Waals surface area contributed by atoms with E-state index >= 15 is 0 Å². The number of halogens is 4. The van der Waals surface area contributed by atoms with Crippen LogP contribution in [0.1, 0.15) is 74.8 Å². The fourth-order valence-corrected chi connectivity index (χ4v) is 12.7. The van der Waals surface area contributed by atoms with E-state index in [1.165, 1.54) is 36.4 Å². The third-order valence-corrected chi connectivity index (χ3v) is 17.6. The molecule has 0 saturated carbocycles. The number of nitrogens with zero attached hydrogens (tertiary/aromatic N) is 2. The Hall–Kier alpha value is -7.72. The van der Waals surface area contributed by atoms with E-state index in [9.17, 15) is 55.8 Å². The fourth-order valence-electron chi connectivity index (χ4n) is 9.75. The van der Waals surface area contributed by atoms with Gasteiger partial charge in [0, 0.05) is 73.4 Å². The van der Waals surface area contributed by atoms with E-state index in [1.54, 1.807) is 70.9 Å². The molecule has 6 aromatic carbocycles. The number of hydrogen-bond donors (Lipinski definition) is 4. The molecule has 10 rings (SSSR count). The number of carboxylic acid groups (broad SMARTS) is 2. The molecule has 18 nitrogen and oxygen atoms in total. The largest absolute Gasteiger partial charge is 0.480 e. The first-order valence-corrected chi connectivity index (χ1v) is 30.3. The van der Waals surface area contributed by atoms with Gasteiger partial charge in [0.15, 0.2) is 19.7 Å². The number of carbonyl (C=O) groups is 6. The van der Waals surface area contributed by atoms with Crippen molar-refractivity contribution >= 4 is 124 Å². The zero-order valence-electron chi connectivity index (χ0n) is 43.4.